The van der Waals surface area contributed by atoms with Gasteiger partial charge in [0.15, 0.2) is 0 Å². The summed E-state index contributed by atoms with van der Waals surface area (Å²) >= 11 is 2.24. The SMILES string of the molecule is [Sn][N]=C=[N][Sn]. The zero-order valence-electron chi connectivity index (χ0n) is 2.39. The number of rotatable bonds is 0. The Labute approximate surface area is 57.7 Å². The fourth-order valence-electron chi connectivity index (χ4n) is 0.0250. The van der Waals surface area contributed by atoms with Crippen LogP contribution < -0.4 is 0 Å². The molecule has 0 saturated carbocycles. The minimum atomic E-state index is 1.12. The molecule has 0 aliphatic heterocycles. The van der Waals surface area contributed by atoms with E-state index in [-0.39, 0.29) is 0 Å². The van der Waals surface area contributed by atoms with Crippen molar-refractivity contribution in [3.05, 3.63) is 0 Å². The van der Waals surface area contributed by atoms with E-state index in [0.717, 1.165) is 45.6 Å². The van der Waals surface area contributed by atoms with Gasteiger partial charge in [-0.1, -0.05) is 0 Å². The van der Waals surface area contributed by atoms with Crippen molar-refractivity contribution in [2.75, 3.05) is 0 Å². The van der Waals surface area contributed by atoms with Crippen LogP contribution in [-0.2, 0) is 0 Å². The molecule has 0 aliphatic carbocycles. The van der Waals surface area contributed by atoms with Crippen LogP contribution in [-0.4, -0.2) is 51.6 Å². The molecule has 0 heterocycles. The molecule has 5 heavy (non-hydrogen) atoms. The Morgan fingerprint density at radius 1 is 1.20 bits per heavy atom. The summed E-state index contributed by atoms with van der Waals surface area (Å²) in [6.45, 7) is 0. The second-order valence-corrected chi connectivity index (χ2v) is 1.60. The summed E-state index contributed by atoms with van der Waals surface area (Å²) in [5.74, 6) is 0. The van der Waals surface area contributed by atoms with Gasteiger partial charge in [0.1, 0.15) is 0 Å². The molecular weight excluding hydrogens is 277 g/mol. The van der Waals surface area contributed by atoms with Crippen LogP contribution in [0.25, 0.3) is 0 Å². The second-order valence-electron chi connectivity index (χ2n) is 0.324. The zero-order chi connectivity index (χ0) is 4.12. The second kappa shape index (κ2) is 4.98. The van der Waals surface area contributed by atoms with E-state index >= 15 is 0 Å². The minimum absolute atomic E-state index is 1.12. The van der Waals surface area contributed by atoms with E-state index in [2.05, 4.69) is 12.4 Å². The van der Waals surface area contributed by atoms with E-state index in [4.69, 9.17) is 0 Å². The molecule has 0 rings (SSSR count). The molecule has 0 amide bonds. The molecule has 4 heteroatoms. The van der Waals surface area contributed by atoms with E-state index < -0.39 is 0 Å². The van der Waals surface area contributed by atoms with Crippen molar-refractivity contribution in [3.8, 4) is 0 Å². The summed E-state index contributed by atoms with van der Waals surface area (Å²) in [6, 6.07) is 2.44. The molecule has 0 aromatic rings. The molecule has 0 aliphatic rings. The van der Waals surface area contributed by atoms with Crippen LogP contribution in [0.1, 0.15) is 0 Å². The summed E-state index contributed by atoms with van der Waals surface area (Å²) in [6.07, 6.45) is 0. The maximum atomic E-state index is 3.55. The van der Waals surface area contributed by atoms with Crippen LogP contribution in [0.4, 0.5) is 0 Å². The molecule has 0 atom stereocenters. The van der Waals surface area contributed by atoms with Gasteiger partial charge in [0, 0.05) is 0 Å². The van der Waals surface area contributed by atoms with Gasteiger partial charge in [-0.25, -0.2) is 0 Å². The van der Waals surface area contributed by atoms with Gasteiger partial charge < -0.3 is 0 Å². The quantitative estimate of drug-likeness (QED) is 0.414. The normalized spacial score (nSPS) is 5.20. The first-order chi connectivity index (χ1) is 2.41. The van der Waals surface area contributed by atoms with Gasteiger partial charge in [0.25, 0.3) is 0 Å². The number of hydrogen-bond acceptors (Lipinski definition) is 2. The van der Waals surface area contributed by atoms with E-state index in [1.807, 2.05) is 0 Å². The predicted octanol–water partition coefficient (Wildman–Crippen LogP) is -0.673. The molecule has 0 aromatic heterocycles. The molecular formula is CN2Sn2. The van der Waals surface area contributed by atoms with Crippen molar-refractivity contribution in [2.24, 2.45) is 6.43 Å². The topological polar surface area (TPSA) is 24.7 Å². The summed E-state index contributed by atoms with van der Waals surface area (Å²) in [4.78, 5) is 0. The van der Waals surface area contributed by atoms with Crippen LogP contribution in [0.15, 0.2) is 6.43 Å². The molecule has 0 spiro atoms. The molecule has 22 valence electrons. The van der Waals surface area contributed by atoms with Gasteiger partial charge in [0.05, 0.1) is 0 Å². The molecule has 0 saturated heterocycles. The van der Waals surface area contributed by atoms with Crippen LogP contribution in [0, 0.1) is 0 Å². The first kappa shape index (κ1) is 5.98. The Morgan fingerprint density at radius 2 is 1.60 bits per heavy atom. The van der Waals surface area contributed by atoms with Crippen LogP contribution >= 0.6 is 0 Å². The summed E-state index contributed by atoms with van der Waals surface area (Å²) in [5, 5.41) is 0. The first-order valence-corrected chi connectivity index (χ1v) is 3.45. The third-order valence-corrected chi connectivity index (χ3v) is 0.671. The average molecular weight is 277 g/mol. The fourth-order valence-corrected chi connectivity index (χ4v) is 1.12. The van der Waals surface area contributed by atoms with Gasteiger partial charge in [-0.15, -0.1) is 0 Å². The molecule has 0 unspecified atom stereocenters. The molecule has 6 radical (unpaired) electrons. The van der Waals surface area contributed by atoms with Crippen LogP contribution in [0.2, 0.25) is 0 Å². The van der Waals surface area contributed by atoms with Crippen molar-refractivity contribution in [3.63, 3.8) is 0 Å². The van der Waals surface area contributed by atoms with Crippen molar-refractivity contribution >= 4 is 51.6 Å². The van der Waals surface area contributed by atoms with Gasteiger partial charge in [-0.2, -0.15) is 0 Å². The maximum absolute atomic E-state index is 3.55. The van der Waals surface area contributed by atoms with Gasteiger partial charge >= 0.3 is 58.0 Å². The van der Waals surface area contributed by atoms with E-state index in [9.17, 15) is 0 Å². The summed E-state index contributed by atoms with van der Waals surface area (Å²) < 4.78 is 7.10. The van der Waals surface area contributed by atoms with Crippen molar-refractivity contribution in [1.29, 1.82) is 0 Å². The van der Waals surface area contributed by atoms with E-state index in [1.165, 1.54) is 0 Å². The summed E-state index contributed by atoms with van der Waals surface area (Å²) in [7, 11) is 0. The average Bonchev–Trinajstić information content (AvgIpc) is 1.41. The van der Waals surface area contributed by atoms with E-state index in [1.54, 1.807) is 0 Å². The van der Waals surface area contributed by atoms with Gasteiger partial charge in [-0.3, -0.25) is 0 Å². The van der Waals surface area contributed by atoms with Crippen molar-refractivity contribution < 1.29 is 0 Å². The predicted molar refractivity (Wildman–Crippen MR) is 21.4 cm³/mol. The number of hydrogen-bond donors (Lipinski definition) is 0. The van der Waals surface area contributed by atoms with Gasteiger partial charge in [-0.05, 0) is 0 Å². The van der Waals surface area contributed by atoms with Crippen molar-refractivity contribution in [2.45, 2.75) is 0 Å². The van der Waals surface area contributed by atoms with Crippen LogP contribution in [0.3, 0.4) is 0 Å². The van der Waals surface area contributed by atoms with E-state index in [0.29, 0.717) is 0 Å². The monoisotopic (exact) mass is 280 g/mol. The first-order valence-electron chi connectivity index (χ1n) is 0.894. The van der Waals surface area contributed by atoms with Gasteiger partial charge in [0.2, 0.25) is 0 Å². The molecule has 2 nitrogen and oxygen atoms in total. The third kappa shape index (κ3) is 4.98. The number of nitrogens with zero attached hydrogens (tertiary/aromatic N) is 2. The molecule has 0 N–H and O–H groups in total. The fraction of sp³-hybridized carbons (Fsp3) is 0. The standard InChI is InChI=1S/CN2.2Sn/c2-1-3;;/q-2;2*+1. The molecule has 0 aromatic carbocycles. The van der Waals surface area contributed by atoms with Crippen molar-refractivity contribution in [1.82, 2.24) is 0 Å². The summed E-state index contributed by atoms with van der Waals surface area (Å²) in [5.41, 5.74) is 0. The Bertz CT molecular complexity index is 56.0. The molecule has 0 fully saturated rings. The Morgan fingerprint density at radius 3 is 1.60 bits per heavy atom. The zero-order valence-corrected chi connectivity index (χ0v) is 8.10. The van der Waals surface area contributed by atoms with Crippen LogP contribution in [0.5, 0.6) is 0 Å². The Balaban J connectivity index is 3.26. The Hall–Kier alpha value is 0.977. The molecule has 0 bridgehead atoms. The Kier molecular flexibility index (Phi) is 5.95. The third-order valence-electron chi connectivity index (χ3n) is 0.100.